The average Bonchev–Trinajstić information content (AvgIpc) is 2.04. The third-order valence-corrected chi connectivity index (χ3v) is 2.06. The molecule has 1 aromatic heterocycles. The fraction of sp³-hybridized carbons (Fsp3) is 0.125. The van der Waals surface area contributed by atoms with Crippen LogP contribution in [0.15, 0.2) is 35.6 Å². The Kier molecular flexibility index (Phi) is 2.79. The van der Waals surface area contributed by atoms with Gasteiger partial charge in [0.05, 0.1) is 6.04 Å². The molecule has 2 N–H and O–H groups in total. The van der Waals surface area contributed by atoms with Crippen molar-refractivity contribution in [3.8, 4) is 0 Å². The fourth-order valence-corrected chi connectivity index (χ4v) is 1.29. The zero-order chi connectivity index (χ0) is 8.27. The fourth-order valence-electron chi connectivity index (χ4n) is 0.774. The molecule has 0 radical (unpaired) electrons. The number of nitrogens with two attached hydrogens (primary N) is 1. The molecule has 1 rings (SSSR count). The molecule has 0 fully saturated rings. The van der Waals surface area contributed by atoms with E-state index < -0.39 is 0 Å². The average molecular weight is 213 g/mol. The minimum absolute atomic E-state index is 0.141. The minimum Gasteiger partial charge on any atom is -0.321 e. The Hall–Kier alpha value is -0.670. The number of pyridine rings is 1. The van der Waals surface area contributed by atoms with Crippen molar-refractivity contribution in [2.24, 2.45) is 5.73 Å². The number of hydrogen-bond donors (Lipinski definition) is 1. The van der Waals surface area contributed by atoms with Gasteiger partial charge in [0.15, 0.2) is 0 Å². The quantitative estimate of drug-likeness (QED) is 0.603. The number of aromatic nitrogens is 1. The topological polar surface area (TPSA) is 38.9 Å². The van der Waals surface area contributed by atoms with Gasteiger partial charge in [-0.25, -0.2) is 4.98 Å². The van der Waals surface area contributed by atoms with Crippen LogP contribution in [0, 0.1) is 0 Å². The van der Waals surface area contributed by atoms with Crippen molar-refractivity contribution in [2.45, 2.75) is 6.04 Å². The van der Waals surface area contributed by atoms with Gasteiger partial charge < -0.3 is 5.73 Å². The molecule has 0 saturated heterocycles. The normalized spacial score (nSPS) is 12.5. The highest BCUT2D eigenvalue weighted by atomic mass is 79.9. The molecule has 11 heavy (non-hydrogen) atoms. The second-order valence-corrected chi connectivity index (χ2v) is 2.90. The van der Waals surface area contributed by atoms with Crippen LogP contribution in [0.2, 0.25) is 0 Å². The van der Waals surface area contributed by atoms with Crippen molar-refractivity contribution in [1.29, 1.82) is 0 Å². The lowest BCUT2D eigenvalue weighted by atomic mass is 10.1. The number of hydrogen-bond acceptors (Lipinski definition) is 2. The third-order valence-electron chi connectivity index (χ3n) is 1.40. The van der Waals surface area contributed by atoms with E-state index in [-0.39, 0.29) is 6.04 Å². The largest absolute Gasteiger partial charge is 0.321 e. The summed E-state index contributed by atoms with van der Waals surface area (Å²) in [6, 6.07) is 3.63. The van der Waals surface area contributed by atoms with Crippen molar-refractivity contribution >= 4 is 15.9 Å². The van der Waals surface area contributed by atoms with Crippen molar-refractivity contribution < 1.29 is 0 Å². The van der Waals surface area contributed by atoms with E-state index in [1.54, 1.807) is 12.3 Å². The van der Waals surface area contributed by atoms with E-state index in [2.05, 4.69) is 27.5 Å². The van der Waals surface area contributed by atoms with Crippen LogP contribution in [0.1, 0.15) is 11.6 Å². The molecule has 0 saturated carbocycles. The molecule has 3 heteroatoms. The number of rotatable bonds is 2. The summed E-state index contributed by atoms with van der Waals surface area (Å²) in [6.45, 7) is 3.60. The molecule has 0 aromatic carbocycles. The summed E-state index contributed by atoms with van der Waals surface area (Å²) in [5, 5.41) is 0. The van der Waals surface area contributed by atoms with Crippen molar-refractivity contribution in [3.63, 3.8) is 0 Å². The first-order valence-corrected chi connectivity index (χ1v) is 4.03. The van der Waals surface area contributed by atoms with Crippen molar-refractivity contribution in [2.75, 3.05) is 0 Å². The maximum Gasteiger partial charge on any atom is 0.111 e. The highest BCUT2D eigenvalue weighted by Gasteiger charge is 2.04. The second-order valence-electron chi connectivity index (χ2n) is 2.14. The lowest BCUT2D eigenvalue weighted by molar-refractivity contribution is 0.893. The van der Waals surface area contributed by atoms with Crippen LogP contribution in [0.5, 0.6) is 0 Å². The Morgan fingerprint density at radius 3 is 3.00 bits per heavy atom. The molecular formula is C8H9BrN2. The summed E-state index contributed by atoms with van der Waals surface area (Å²) in [6.07, 6.45) is 3.39. The molecule has 0 aliphatic heterocycles. The van der Waals surface area contributed by atoms with Gasteiger partial charge in [-0.3, -0.25) is 0 Å². The SMILES string of the molecule is C=C[C@H](N)c1cccnc1Br. The predicted molar refractivity (Wildman–Crippen MR) is 49.1 cm³/mol. The Morgan fingerprint density at radius 1 is 1.73 bits per heavy atom. The monoisotopic (exact) mass is 212 g/mol. The van der Waals surface area contributed by atoms with Gasteiger partial charge in [0.2, 0.25) is 0 Å². The number of halogens is 1. The molecule has 0 aliphatic carbocycles. The van der Waals surface area contributed by atoms with Crippen LogP contribution in [-0.2, 0) is 0 Å². The van der Waals surface area contributed by atoms with E-state index in [0.717, 1.165) is 10.2 Å². The van der Waals surface area contributed by atoms with Gasteiger partial charge in [-0.15, -0.1) is 6.58 Å². The first-order chi connectivity index (χ1) is 5.25. The van der Waals surface area contributed by atoms with Crippen LogP contribution in [0.25, 0.3) is 0 Å². The van der Waals surface area contributed by atoms with Crippen LogP contribution in [0.3, 0.4) is 0 Å². The van der Waals surface area contributed by atoms with E-state index in [4.69, 9.17) is 5.73 Å². The zero-order valence-corrected chi connectivity index (χ0v) is 7.58. The maximum atomic E-state index is 5.71. The smallest absolute Gasteiger partial charge is 0.111 e. The summed E-state index contributed by atoms with van der Waals surface area (Å²) < 4.78 is 0.785. The lowest BCUT2D eigenvalue weighted by Gasteiger charge is -2.06. The summed E-state index contributed by atoms with van der Waals surface area (Å²) in [4.78, 5) is 4.04. The van der Waals surface area contributed by atoms with Crippen molar-refractivity contribution in [3.05, 3.63) is 41.2 Å². The predicted octanol–water partition coefficient (Wildman–Crippen LogP) is 2.03. The number of nitrogens with zero attached hydrogens (tertiary/aromatic N) is 1. The molecule has 0 amide bonds. The molecule has 0 bridgehead atoms. The van der Waals surface area contributed by atoms with Gasteiger partial charge in [0, 0.05) is 11.8 Å². The first-order valence-electron chi connectivity index (χ1n) is 3.24. The van der Waals surface area contributed by atoms with Gasteiger partial charge in [0.1, 0.15) is 4.60 Å². The van der Waals surface area contributed by atoms with Gasteiger partial charge in [-0.1, -0.05) is 12.1 Å². The highest BCUT2D eigenvalue weighted by Crippen LogP contribution is 2.19. The van der Waals surface area contributed by atoms with E-state index >= 15 is 0 Å². The third kappa shape index (κ3) is 1.88. The van der Waals surface area contributed by atoms with Gasteiger partial charge in [0.25, 0.3) is 0 Å². The molecule has 0 spiro atoms. The minimum atomic E-state index is -0.141. The van der Waals surface area contributed by atoms with E-state index in [9.17, 15) is 0 Å². The lowest BCUT2D eigenvalue weighted by Crippen LogP contribution is -2.07. The maximum absolute atomic E-state index is 5.71. The van der Waals surface area contributed by atoms with Gasteiger partial charge >= 0.3 is 0 Å². The summed E-state index contributed by atoms with van der Waals surface area (Å²) in [7, 11) is 0. The Bertz CT molecular complexity index is 260. The van der Waals surface area contributed by atoms with E-state index in [1.807, 2.05) is 12.1 Å². The zero-order valence-electron chi connectivity index (χ0n) is 6.00. The molecule has 2 nitrogen and oxygen atoms in total. The van der Waals surface area contributed by atoms with Crippen LogP contribution in [0.4, 0.5) is 0 Å². The summed E-state index contributed by atoms with van der Waals surface area (Å²) >= 11 is 3.30. The highest BCUT2D eigenvalue weighted by molar-refractivity contribution is 9.10. The summed E-state index contributed by atoms with van der Waals surface area (Å²) in [5.41, 5.74) is 6.67. The van der Waals surface area contributed by atoms with E-state index in [0.29, 0.717) is 0 Å². The van der Waals surface area contributed by atoms with Crippen LogP contribution < -0.4 is 5.73 Å². The first kappa shape index (κ1) is 8.43. The molecule has 0 unspecified atom stereocenters. The Labute approximate surface area is 74.3 Å². The standard InChI is InChI=1S/C8H9BrN2/c1-2-7(10)6-4-3-5-11-8(6)9/h2-5,7H,1,10H2/t7-/m0/s1. The Morgan fingerprint density at radius 2 is 2.45 bits per heavy atom. The van der Waals surface area contributed by atoms with Gasteiger partial charge in [-0.05, 0) is 22.0 Å². The van der Waals surface area contributed by atoms with Crippen LogP contribution >= 0.6 is 15.9 Å². The van der Waals surface area contributed by atoms with Crippen LogP contribution in [-0.4, -0.2) is 4.98 Å². The van der Waals surface area contributed by atoms with Gasteiger partial charge in [-0.2, -0.15) is 0 Å². The molecular weight excluding hydrogens is 204 g/mol. The van der Waals surface area contributed by atoms with Crippen molar-refractivity contribution in [1.82, 2.24) is 4.98 Å². The molecule has 1 heterocycles. The molecule has 1 atom stereocenters. The molecule has 1 aromatic rings. The Balaban J connectivity index is 3.02. The molecule has 58 valence electrons. The second kappa shape index (κ2) is 3.64. The molecule has 0 aliphatic rings. The summed E-state index contributed by atoms with van der Waals surface area (Å²) in [5.74, 6) is 0. The van der Waals surface area contributed by atoms with E-state index in [1.165, 1.54) is 0 Å².